The molecule has 6 aliphatic rings. The Morgan fingerprint density at radius 3 is 2.30 bits per heavy atom. The third kappa shape index (κ3) is 5.32. The summed E-state index contributed by atoms with van der Waals surface area (Å²) in [4.78, 5) is 30.5. The van der Waals surface area contributed by atoms with Crippen LogP contribution in [0.2, 0.25) is 0 Å². The first-order chi connectivity index (χ1) is 25.3. The summed E-state index contributed by atoms with van der Waals surface area (Å²) in [6.45, 7) is 4.77. The van der Waals surface area contributed by atoms with Crippen LogP contribution < -0.4 is 10.1 Å². The van der Waals surface area contributed by atoms with Crippen molar-refractivity contribution in [3.05, 3.63) is 119 Å². The van der Waals surface area contributed by atoms with Gasteiger partial charge in [-0.3, -0.25) is 4.79 Å². The topological polar surface area (TPSA) is 99.1 Å². The minimum absolute atomic E-state index is 0.0287. The molecular weight excluding hydrogens is 674 g/mol. The lowest BCUT2D eigenvalue weighted by Crippen LogP contribution is -2.67. The van der Waals surface area contributed by atoms with Gasteiger partial charge in [0.1, 0.15) is 5.75 Å². The summed E-state index contributed by atoms with van der Waals surface area (Å²) >= 11 is 0. The van der Waals surface area contributed by atoms with Gasteiger partial charge in [-0.05, 0) is 110 Å². The Balaban J connectivity index is 1.18. The summed E-state index contributed by atoms with van der Waals surface area (Å²) in [6.07, 6.45) is 10.3. The number of urea groups is 1. The number of ketones is 1. The number of Topliss-reactive ketones (excluding diaryl/α,β-unsaturated/α-hetero) is 1. The van der Waals surface area contributed by atoms with Crippen LogP contribution in [-0.4, -0.2) is 52.3 Å². The Kier molecular flexibility index (Phi) is 8.50. The van der Waals surface area contributed by atoms with Gasteiger partial charge in [0.25, 0.3) is 0 Å². The molecule has 1 unspecified atom stereocenters. The fraction of sp³-hybridized carbons (Fsp3) is 0.455. The van der Waals surface area contributed by atoms with Gasteiger partial charge in [-0.15, -0.1) is 0 Å². The molecule has 3 aromatic carbocycles. The molecule has 2 spiro atoms. The van der Waals surface area contributed by atoms with Gasteiger partial charge in [-0.2, -0.15) is 0 Å². The molecule has 0 aliphatic heterocycles. The highest BCUT2D eigenvalue weighted by Gasteiger charge is 2.74. The number of aliphatic hydroxyl groups is 2. The highest BCUT2D eigenvalue weighted by atomic mass is 19.2. The monoisotopic (exact) mass is 722 g/mol. The molecule has 278 valence electrons. The number of carbonyl (C=O) groups is 2. The predicted octanol–water partition coefficient (Wildman–Crippen LogP) is 8.48. The first kappa shape index (κ1) is 35.7. The number of nitrogens with one attached hydrogen (secondary N) is 1. The third-order valence-electron chi connectivity index (χ3n) is 14.4. The smallest absolute Gasteiger partial charge is 0.322 e. The second kappa shape index (κ2) is 12.6. The summed E-state index contributed by atoms with van der Waals surface area (Å²) in [5, 5.41) is 27.0. The lowest BCUT2D eigenvalue weighted by molar-refractivity contribution is -0.174. The number of rotatable bonds is 8. The van der Waals surface area contributed by atoms with Gasteiger partial charge >= 0.3 is 6.03 Å². The van der Waals surface area contributed by atoms with Crippen LogP contribution in [0.5, 0.6) is 5.75 Å². The normalized spacial score (nSPS) is 35.1. The summed E-state index contributed by atoms with van der Waals surface area (Å²) in [5.74, 6) is -1.91. The fourth-order valence-electron chi connectivity index (χ4n) is 11.6. The van der Waals surface area contributed by atoms with Crippen LogP contribution in [0, 0.1) is 45.1 Å². The van der Waals surface area contributed by atoms with Gasteiger partial charge in [0.2, 0.25) is 0 Å². The van der Waals surface area contributed by atoms with E-state index in [1.807, 2.05) is 30.3 Å². The minimum Gasteiger partial charge on any atom is -0.497 e. The maximum absolute atomic E-state index is 14.7. The van der Waals surface area contributed by atoms with Crippen molar-refractivity contribution in [3.63, 3.8) is 0 Å². The van der Waals surface area contributed by atoms with Crippen molar-refractivity contribution in [2.45, 2.75) is 77.0 Å². The zero-order valence-electron chi connectivity index (χ0n) is 30.6. The van der Waals surface area contributed by atoms with Crippen LogP contribution in [0.25, 0.3) is 0 Å². The lowest BCUT2D eigenvalue weighted by Gasteiger charge is -2.71. The molecule has 3 saturated carbocycles. The Morgan fingerprint density at radius 2 is 1.58 bits per heavy atom. The number of fused-ring (bicyclic) bond motifs is 1. The van der Waals surface area contributed by atoms with Crippen LogP contribution >= 0.6 is 0 Å². The van der Waals surface area contributed by atoms with Crippen LogP contribution in [0.4, 0.5) is 19.3 Å². The molecule has 9 heteroatoms. The van der Waals surface area contributed by atoms with E-state index in [2.05, 4.69) is 37.4 Å². The number of aliphatic hydroxyl groups excluding tert-OH is 1. The highest BCUT2D eigenvalue weighted by molar-refractivity contribution is 6.10. The van der Waals surface area contributed by atoms with Gasteiger partial charge in [0.15, 0.2) is 17.4 Å². The molecule has 53 heavy (non-hydrogen) atoms. The second-order valence-electron chi connectivity index (χ2n) is 16.8. The van der Waals surface area contributed by atoms with Crippen LogP contribution in [0.3, 0.4) is 0 Å². The number of allylic oxidation sites excluding steroid dienone is 4. The number of hydrogen-bond donors (Lipinski definition) is 3. The molecule has 2 amide bonds. The molecule has 3 fully saturated rings. The first-order valence-corrected chi connectivity index (χ1v) is 18.9. The number of ether oxygens (including phenoxy) is 1. The van der Waals surface area contributed by atoms with Crippen LogP contribution in [-0.2, 0) is 6.54 Å². The number of halogens is 2. The Morgan fingerprint density at radius 1 is 0.887 bits per heavy atom. The van der Waals surface area contributed by atoms with E-state index in [9.17, 15) is 28.6 Å². The molecule has 3 N–H and O–H groups in total. The maximum atomic E-state index is 14.7. The number of benzene rings is 3. The van der Waals surface area contributed by atoms with Gasteiger partial charge < -0.3 is 25.2 Å². The van der Waals surface area contributed by atoms with E-state index >= 15 is 0 Å². The maximum Gasteiger partial charge on any atom is 0.322 e. The van der Waals surface area contributed by atoms with Crippen molar-refractivity contribution >= 4 is 17.5 Å². The summed E-state index contributed by atoms with van der Waals surface area (Å²) in [7, 11) is 1.59. The lowest BCUT2D eigenvalue weighted by atomic mass is 9.32. The summed E-state index contributed by atoms with van der Waals surface area (Å²) in [6, 6.07) is 19.8. The number of nitrogens with zero attached hydrogens (tertiary/aromatic N) is 1. The average Bonchev–Trinajstić information content (AvgIpc) is 3.42. The Bertz CT molecular complexity index is 2000. The van der Waals surface area contributed by atoms with Gasteiger partial charge in [0.05, 0.1) is 25.4 Å². The minimum atomic E-state index is -1.30. The van der Waals surface area contributed by atoms with Gasteiger partial charge in [-0.1, -0.05) is 62.4 Å². The molecule has 6 aliphatic carbocycles. The number of methoxy groups -OCH3 is 1. The third-order valence-corrected chi connectivity index (χ3v) is 14.4. The average molecular weight is 723 g/mol. The van der Waals surface area contributed by atoms with Crippen molar-refractivity contribution in [3.8, 4) is 5.75 Å². The summed E-state index contributed by atoms with van der Waals surface area (Å²) < 4.78 is 34.0. The number of anilines is 1. The standard InChI is InChI=1S/C44H48F2N2O5/c1-40-18-15-31(49)24-42(40)21-22-44(33(25-42)38(50)29-9-14-34(45)35(46)23-29)36(40)16-19-41(2)37(44)17-20-43(41,52)27-48(26-28-7-5-4-6-8-28)39(51)47-30-10-12-32(53-3)13-11-30/h4-14,21-23,25,31,36-37,49,52H,15-20,24,26-27H2,1-3H3,(H,47,51)/t31?,36-,37-,40-,41+,42+,43-,44-/m1/s1. The molecular formula is C44H48F2N2O5. The molecule has 3 aromatic rings. The quantitative estimate of drug-likeness (QED) is 0.160. The number of carbonyl (C=O) groups excluding carboxylic acids is 2. The molecule has 0 radical (unpaired) electrons. The van der Waals surface area contributed by atoms with Gasteiger partial charge in [0, 0.05) is 39.6 Å². The molecule has 8 atom stereocenters. The Hall–Kier alpha value is -4.34. The van der Waals surface area contributed by atoms with Crippen molar-refractivity contribution in [1.29, 1.82) is 0 Å². The van der Waals surface area contributed by atoms with E-state index in [1.54, 1.807) is 36.3 Å². The largest absolute Gasteiger partial charge is 0.497 e. The predicted molar refractivity (Wildman–Crippen MR) is 198 cm³/mol. The molecule has 9 rings (SSSR count). The zero-order chi connectivity index (χ0) is 37.4. The van der Waals surface area contributed by atoms with Crippen molar-refractivity contribution in [2.24, 2.45) is 33.5 Å². The number of hydrogen-bond acceptors (Lipinski definition) is 5. The first-order valence-electron chi connectivity index (χ1n) is 18.9. The van der Waals surface area contributed by atoms with E-state index in [4.69, 9.17) is 4.74 Å². The van der Waals surface area contributed by atoms with Gasteiger partial charge in [-0.25, -0.2) is 13.6 Å². The van der Waals surface area contributed by atoms with Crippen molar-refractivity contribution in [1.82, 2.24) is 4.90 Å². The molecule has 2 bridgehead atoms. The van der Waals surface area contributed by atoms with Crippen molar-refractivity contribution in [2.75, 3.05) is 19.0 Å². The van der Waals surface area contributed by atoms with E-state index < -0.39 is 39.6 Å². The van der Waals surface area contributed by atoms with E-state index in [-0.39, 0.29) is 47.7 Å². The van der Waals surface area contributed by atoms with E-state index in [0.29, 0.717) is 49.1 Å². The Labute approximate surface area is 309 Å². The SMILES string of the molecule is COc1ccc(NC(=O)N(Cc2ccccc2)C[C@]2(O)CC[C@H]3[C@]45C=C[C@@]6(C=C4C(=O)c4ccc(F)c(F)c4)CC(O)CC[C@]6(C)[C@H]5CC[C@@]32C)cc1. The van der Waals surface area contributed by atoms with Crippen LogP contribution in [0.1, 0.15) is 74.7 Å². The number of amides is 2. The summed E-state index contributed by atoms with van der Waals surface area (Å²) in [5.41, 5.74) is -1.44. The molecule has 0 aromatic heterocycles. The van der Waals surface area contributed by atoms with E-state index in [1.165, 1.54) is 6.07 Å². The van der Waals surface area contributed by atoms with Crippen LogP contribution in [0.15, 0.2) is 96.6 Å². The van der Waals surface area contributed by atoms with Crippen molar-refractivity contribution < 1.29 is 33.3 Å². The second-order valence-corrected chi connectivity index (χ2v) is 16.8. The zero-order valence-corrected chi connectivity index (χ0v) is 30.6. The fourth-order valence-corrected chi connectivity index (χ4v) is 11.6. The highest BCUT2D eigenvalue weighted by Crippen LogP contribution is 2.78. The van der Waals surface area contributed by atoms with E-state index in [0.717, 1.165) is 30.5 Å². The molecule has 7 nitrogen and oxygen atoms in total. The molecule has 0 saturated heterocycles. The molecule has 0 heterocycles.